The van der Waals surface area contributed by atoms with Crippen molar-refractivity contribution < 1.29 is 4.39 Å². The molecule has 1 N–H and O–H groups in total. The van der Waals surface area contributed by atoms with E-state index in [1.54, 1.807) is 23.5 Å². The first-order valence-corrected chi connectivity index (χ1v) is 8.79. The quantitative estimate of drug-likeness (QED) is 0.759. The number of hydrogen-bond acceptors (Lipinski definition) is 3. The second kappa shape index (κ2) is 7.47. The molecule has 0 saturated carbocycles. The number of aryl methyl sites for hydroxylation is 1. The predicted octanol–water partition coefficient (Wildman–Crippen LogP) is 5.16. The minimum absolute atomic E-state index is 0.224. The number of aromatic nitrogens is 1. The van der Waals surface area contributed by atoms with E-state index in [0.717, 1.165) is 34.6 Å². The summed E-state index contributed by atoms with van der Waals surface area (Å²) in [5.74, 6) is -0.224. The Bertz CT molecular complexity index is 610. The zero-order chi connectivity index (χ0) is 15.4. The number of nitrogens with zero attached hydrogens (tertiary/aromatic N) is 1. The van der Waals surface area contributed by atoms with Crippen LogP contribution in [0.5, 0.6) is 0 Å². The molecule has 0 aliphatic carbocycles. The van der Waals surface area contributed by atoms with E-state index in [0.29, 0.717) is 11.6 Å². The first-order valence-electron chi connectivity index (χ1n) is 7.18. The van der Waals surface area contributed by atoms with Crippen LogP contribution in [0.3, 0.4) is 0 Å². The van der Waals surface area contributed by atoms with Gasteiger partial charge in [0.2, 0.25) is 0 Å². The largest absolute Gasteiger partial charge is 0.310 e. The predicted molar refractivity (Wildman–Crippen MR) is 91.2 cm³/mol. The van der Waals surface area contributed by atoms with Gasteiger partial charge in [-0.25, -0.2) is 9.37 Å². The molecule has 0 aliphatic rings. The Morgan fingerprint density at radius 2 is 2.14 bits per heavy atom. The Hall–Kier alpha value is -0.780. The summed E-state index contributed by atoms with van der Waals surface area (Å²) in [5.41, 5.74) is 1.66. The number of benzene rings is 1. The highest BCUT2D eigenvalue weighted by Crippen LogP contribution is 2.32. The lowest BCUT2D eigenvalue weighted by atomic mass is 10.2. The molecule has 0 bridgehead atoms. The maximum atomic E-state index is 14.0. The van der Waals surface area contributed by atoms with Crippen LogP contribution in [0.2, 0.25) is 0 Å². The molecule has 0 amide bonds. The summed E-state index contributed by atoms with van der Waals surface area (Å²) in [7, 11) is 0. The minimum atomic E-state index is -0.224. The highest BCUT2D eigenvalue weighted by Gasteiger charge is 2.15. The SMILES string of the molecule is CCCc1nc(-c2cc(Br)ccc2F)sc1CNC(C)C. The van der Waals surface area contributed by atoms with Crippen LogP contribution in [0.1, 0.15) is 37.8 Å². The van der Waals surface area contributed by atoms with Crippen molar-refractivity contribution >= 4 is 27.3 Å². The minimum Gasteiger partial charge on any atom is -0.310 e. The second-order valence-electron chi connectivity index (χ2n) is 5.30. The lowest BCUT2D eigenvalue weighted by Crippen LogP contribution is -2.21. The van der Waals surface area contributed by atoms with Gasteiger partial charge in [0, 0.05) is 27.5 Å². The molecule has 0 unspecified atom stereocenters. The summed E-state index contributed by atoms with van der Waals surface area (Å²) < 4.78 is 14.9. The standard InChI is InChI=1S/C16H20BrFN2S/c1-4-5-14-15(9-19-10(2)3)21-16(20-14)12-8-11(17)6-7-13(12)18/h6-8,10,19H,4-5,9H2,1-3H3. The third-order valence-corrected chi connectivity index (χ3v) is 4.72. The maximum absolute atomic E-state index is 14.0. The van der Waals surface area contributed by atoms with E-state index in [1.165, 1.54) is 10.9 Å². The van der Waals surface area contributed by atoms with Gasteiger partial charge < -0.3 is 5.32 Å². The molecule has 21 heavy (non-hydrogen) atoms. The van der Waals surface area contributed by atoms with E-state index in [2.05, 4.69) is 47.0 Å². The van der Waals surface area contributed by atoms with Gasteiger partial charge in [0.15, 0.2) is 0 Å². The molecular formula is C16H20BrFN2S. The van der Waals surface area contributed by atoms with Gasteiger partial charge in [0.25, 0.3) is 0 Å². The van der Waals surface area contributed by atoms with Gasteiger partial charge in [-0.05, 0) is 24.6 Å². The van der Waals surface area contributed by atoms with Crippen molar-refractivity contribution in [2.45, 2.75) is 46.2 Å². The van der Waals surface area contributed by atoms with Crippen LogP contribution in [0.25, 0.3) is 10.6 Å². The zero-order valence-electron chi connectivity index (χ0n) is 12.5. The van der Waals surface area contributed by atoms with Gasteiger partial charge in [-0.2, -0.15) is 0 Å². The van der Waals surface area contributed by atoms with Crippen LogP contribution in [0.4, 0.5) is 4.39 Å². The molecular weight excluding hydrogens is 351 g/mol. The van der Waals surface area contributed by atoms with Gasteiger partial charge in [-0.3, -0.25) is 0 Å². The summed E-state index contributed by atoms with van der Waals surface area (Å²) in [6.45, 7) is 7.17. The molecule has 0 fully saturated rings. The fourth-order valence-corrected chi connectivity index (χ4v) is 3.46. The average Bonchev–Trinajstić information content (AvgIpc) is 2.83. The first-order chi connectivity index (χ1) is 10.0. The Balaban J connectivity index is 2.35. The van der Waals surface area contributed by atoms with Crippen LogP contribution in [0.15, 0.2) is 22.7 Å². The summed E-state index contributed by atoms with van der Waals surface area (Å²) in [6, 6.07) is 5.41. The van der Waals surface area contributed by atoms with Crippen molar-refractivity contribution in [1.82, 2.24) is 10.3 Å². The summed E-state index contributed by atoms with van der Waals surface area (Å²) in [6.07, 6.45) is 1.97. The molecule has 0 spiro atoms. The monoisotopic (exact) mass is 370 g/mol. The van der Waals surface area contributed by atoms with Crippen molar-refractivity contribution in [1.29, 1.82) is 0 Å². The van der Waals surface area contributed by atoms with Crippen molar-refractivity contribution in [3.8, 4) is 10.6 Å². The summed E-state index contributed by atoms with van der Waals surface area (Å²) >= 11 is 4.98. The van der Waals surface area contributed by atoms with Crippen LogP contribution in [-0.4, -0.2) is 11.0 Å². The highest BCUT2D eigenvalue weighted by molar-refractivity contribution is 9.10. The Morgan fingerprint density at radius 1 is 1.38 bits per heavy atom. The fraction of sp³-hybridized carbons (Fsp3) is 0.438. The third kappa shape index (κ3) is 4.34. The zero-order valence-corrected chi connectivity index (χ0v) is 14.9. The van der Waals surface area contributed by atoms with Crippen molar-refractivity contribution in [2.24, 2.45) is 0 Å². The molecule has 0 radical (unpaired) electrons. The second-order valence-corrected chi connectivity index (χ2v) is 7.30. The lowest BCUT2D eigenvalue weighted by molar-refractivity contribution is 0.589. The molecule has 1 aromatic carbocycles. The average molecular weight is 371 g/mol. The smallest absolute Gasteiger partial charge is 0.133 e. The summed E-state index contributed by atoms with van der Waals surface area (Å²) in [5, 5.41) is 4.18. The van der Waals surface area contributed by atoms with E-state index < -0.39 is 0 Å². The number of thiazole rings is 1. The first kappa shape index (κ1) is 16.6. The van der Waals surface area contributed by atoms with E-state index in [-0.39, 0.29) is 5.82 Å². The molecule has 5 heteroatoms. The highest BCUT2D eigenvalue weighted by atomic mass is 79.9. The van der Waals surface area contributed by atoms with Crippen LogP contribution in [0, 0.1) is 5.82 Å². The third-order valence-electron chi connectivity index (χ3n) is 3.09. The van der Waals surface area contributed by atoms with Gasteiger partial charge in [-0.15, -0.1) is 11.3 Å². The van der Waals surface area contributed by atoms with Crippen molar-refractivity contribution in [3.05, 3.63) is 39.1 Å². The topological polar surface area (TPSA) is 24.9 Å². The molecule has 0 aliphatic heterocycles. The molecule has 2 nitrogen and oxygen atoms in total. The van der Waals surface area contributed by atoms with Gasteiger partial charge in [0.05, 0.1) is 5.69 Å². The van der Waals surface area contributed by atoms with E-state index >= 15 is 0 Å². The maximum Gasteiger partial charge on any atom is 0.133 e. The number of halogens is 2. The molecule has 0 atom stereocenters. The van der Waals surface area contributed by atoms with Crippen molar-refractivity contribution in [3.63, 3.8) is 0 Å². The normalized spacial score (nSPS) is 11.3. The van der Waals surface area contributed by atoms with Gasteiger partial charge >= 0.3 is 0 Å². The van der Waals surface area contributed by atoms with E-state index in [4.69, 9.17) is 0 Å². The number of hydrogen-bond donors (Lipinski definition) is 1. The molecule has 2 rings (SSSR count). The van der Waals surface area contributed by atoms with Crippen LogP contribution in [-0.2, 0) is 13.0 Å². The van der Waals surface area contributed by atoms with E-state index in [9.17, 15) is 4.39 Å². The lowest BCUT2D eigenvalue weighted by Gasteiger charge is -2.07. The van der Waals surface area contributed by atoms with Crippen LogP contribution >= 0.6 is 27.3 Å². The van der Waals surface area contributed by atoms with Gasteiger partial charge in [-0.1, -0.05) is 43.1 Å². The molecule has 1 aromatic heterocycles. The Kier molecular flexibility index (Phi) is 5.90. The van der Waals surface area contributed by atoms with Crippen LogP contribution < -0.4 is 5.32 Å². The molecule has 2 aromatic rings. The molecule has 0 saturated heterocycles. The summed E-state index contributed by atoms with van der Waals surface area (Å²) in [4.78, 5) is 5.88. The van der Waals surface area contributed by atoms with E-state index in [1.807, 2.05) is 0 Å². The fourth-order valence-electron chi connectivity index (χ4n) is 2.03. The number of nitrogens with one attached hydrogen (secondary N) is 1. The van der Waals surface area contributed by atoms with Gasteiger partial charge in [0.1, 0.15) is 10.8 Å². The molecule has 1 heterocycles. The molecule has 114 valence electrons. The number of rotatable bonds is 6. The Labute approximate surface area is 137 Å². The van der Waals surface area contributed by atoms with Crippen molar-refractivity contribution in [2.75, 3.05) is 0 Å². The Morgan fingerprint density at radius 3 is 2.81 bits per heavy atom.